The van der Waals surface area contributed by atoms with Crippen molar-refractivity contribution in [2.45, 2.75) is 37.6 Å². The van der Waals surface area contributed by atoms with Crippen LogP contribution in [0.3, 0.4) is 0 Å². The number of ether oxygens (including phenoxy) is 2. The predicted octanol–water partition coefficient (Wildman–Crippen LogP) is 3.86. The Bertz CT molecular complexity index is 438. The third-order valence-electron chi connectivity index (χ3n) is 4.11. The highest BCUT2D eigenvalue weighted by atomic mass is 35.5. The summed E-state index contributed by atoms with van der Waals surface area (Å²) in [6.45, 7) is 4.27. The average Bonchev–Trinajstić information content (AvgIpc) is 2.48. The molecule has 0 bridgehead atoms. The SMILES string of the molecule is COc1ccc(OC)c(C(Cl)CN2CCCCC2C)c1. The molecule has 0 aromatic heterocycles. The van der Waals surface area contributed by atoms with Crippen molar-refractivity contribution in [3.63, 3.8) is 0 Å². The summed E-state index contributed by atoms with van der Waals surface area (Å²) in [4.78, 5) is 2.47. The summed E-state index contributed by atoms with van der Waals surface area (Å²) < 4.78 is 10.7. The molecule has 112 valence electrons. The Kier molecular flexibility index (Phi) is 5.55. The van der Waals surface area contributed by atoms with Gasteiger partial charge >= 0.3 is 0 Å². The Morgan fingerprint density at radius 2 is 2.10 bits per heavy atom. The first-order valence-electron chi connectivity index (χ1n) is 7.25. The second-order valence-electron chi connectivity index (χ2n) is 5.42. The van der Waals surface area contributed by atoms with E-state index in [0.717, 1.165) is 30.2 Å². The number of rotatable bonds is 5. The molecule has 3 nitrogen and oxygen atoms in total. The maximum absolute atomic E-state index is 6.64. The van der Waals surface area contributed by atoms with Gasteiger partial charge in [0.05, 0.1) is 19.6 Å². The van der Waals surface area contributed by atoms with Crippen LogP contribution < -0.4 is 9.47 Å². The van der Waals surface area contributed by atoms with Crippen molar-refractivity contribution in [2.24, 2.45) is 0 Å². The Hall–Kier alpha value is -0.930. The molecule has 20 heavy (non-hydrogen) atoms. The van der Waals surface area contributed by atoms with Crippen molar-refractivity contribution in [3.05, 3.63) is 23.8 Å². The lowest BCUT2D eigenvalue weighted by Gasteiger charge is -2.34. The van der Waals surface area contributed by atoms with E-state index in [9.17, 15) is 0 Å². The number of piperidine rings is 1. The summed E-state index contributed by atoms with van der Waals surface area (Å²) in [7, 11) is 3.35. The zero-order valence-corrected chi connectivity index (χ0v) is 13.3. The maximum atomic E-state index is 6.64. The van der Waals surface area contributed by atoms with Crippen LogP contribution >= 0.6 is 11.6 Å². The topological polar surface area (TPSA) is 21.7 Å². The van der Waals surface area contributed by atoms with Crippen LogP contribution in [-0.2, 0) is 0 Å². The second kappa shape index (κ2) is 7.19. The van der Waals surface area contributed by atoms with Gasteiger partial charge in [0, 0.05) is 18.2 Å². The minimum absolute atomic E-state index is 0.0828. The van der Waals surface area contributed by atoms with Gasteiger partial charge in [0.2, 0.25) is 0 Å². The van der Waals surface area contributed by atoms with Gasteiger partial charge in [0.15, 0.2) is 0 Å². The number of nitrogens with zero attached hydrogens (tertiary/aromatic N) is 1. The highest BCUT2D eigenvalue weighted by Gasteiger charge is 2.23. The van der Waals surface area contributed by atoms with E-state index in [0.29, 0.717) is 6.04 Å². The summed E-state index contributed by atoms with van der Waals surface area (Å²) in [6.07, 6.45) is 3.86. The first-order valence-corrected chi connectivity index (χ1v) is 7.69. The molecule has 1 aromatic rings. The smallest absolute Gasteiger partial charge is 0.123 e. The van der Waals surface area contributed by atoms with Crippen molar-refractivity contribution in [2.75, 3.05) is 27.3 Å². The normalized spacial score (nSPS) is 21.5. The van der Waals surface area contributed by atoms with Crippen LogP contribution in [-0.4, -0.2) is 38.3 Å². The molecule has 2 rings (SSSR count). The van der Waals surface area contributed by atoms with Gasteiger partial charge in [0.25, 0.3) is 0 Å². The van der Waals surface area contributed by atoms with Gasteiger partial charge in [-0.1, -0.05) is 6.42 Å². The number of alkyl halides is 1. The maximum Gasteiger partial charge on any atom is 0.123 e. The summed E-state index contributed by atoms with van der Waals surface area (Å²) in [5.74, 6) is 1.65. The lowest BCUT2D eigenvalue weighted by atomic mass is 10.0. The van der Waals surface area contributed by atoms with Crippen LogP contribution in [0.1, 0.15) is 37.1 Å². The third-order valence-corrected chi connectivity index (χ3v) is 4.48. The minimum Gasteiger partial charge on any atom is -0.497 e. The number of methoxy groups -OCH3 is 2. The molecule has 1 saturated heterocycles. The molecule has 2 unspecified atom stereocenters. The fourth-order valence-electron chi connectivity index (χ4n) is 2.82. The van der Waals surface area contributed by atoms with Crippen LogP contribution in [0.4, 0.5) is 0 Å². The number of halogens is 1. The first kappa shape index (κ1) is 15.5. The molecule has 0 saturated carbocycles. The molecule has 1 heterocycles. The van der Waals surface area contributed by atoms with Crippen LogP contribution in [0.25, 0.3) is 0 Å². The minimum atomic E-state index is -0.0828. The first-order chi connectivity index (χ1) is 9.65. The van der Waals surface area contributed by atoms with E-state index in [2.05, 4.69) is 11.8 Å². The standard InChI is InChI=1S/C16H24ClNO2/c1-12-6-4-5-9-18(12)11-15(17)14-10-13(19-2)7-8-16(14)20-3/h7-8,10,12,15H,4-6,9,11H2,1-3H3. The Morgan fingerprint density at radius 1 is 1.30 bits per heavy atom. The zero-order chi connectivity index (χ0) is 14.5. The molecule has 2 atom stereocenters. The molecular formula is C16H24ClNO2. The Labute approximate surface area is 126 Å². The number of hydrogen-bond donors (Lipinski definition) is 0. The third kappa shape index (κ3) is 3.58. The molecular weight excluding hydrogens is 274 g/mol. The molecule has 0 radical (unpaired) electrons. The van der Waals surface area contributed by atoms with E-state index in [-0.39, 0.29) is 5.38 Å². The Morgan fingerprint density at radius 3 is 2.75 bits per heavy atom. The summed E-state index contributed by atoms with van der Waals surface area (Å²) in [5, 5.41) is -0.0828. The highest BCUT2D eigenvalue weighted by Crippen LogP contribution is 2.34. The molecule has 1 aliphatic heterocycles. The number of benzene rings is 1. The van der Waals surface area contributed by atoms with Crippen LogP contribution in [0.15, 0.2) is 18.2 Å². The molecule has 0 aliphatic carbocycles. The van der Waals surface area contributed by atoms with Gasteiger partial charge in [-0.15, -0.1) is 11.6 Å². The molecule has 1 aliphatic rings. The highest BCUT2D eigenvalue weighted by molar-refractivity contribution is 6.21. The van der Waals surface area contributed by atoms with Crippen molar-refractivity contribution in [1.29, 1.82) is 0 Å². The Balaban J connectivity index is 2.12. The van der Waals surface area contributed by atoms with Crippen molar-refractivity contribution in [1.82, 2.24) is 4.90 Å². The van der Waals surface area contributed by atoms with Gasteiger partial charge in [-0.05, 0) is 44.5 Å². The van der Waals surface area contributed by atoms with E-state index in [4.69, 9.17) is 21.1 Å². The lowest BCUT2D eigenvalue weighted by molar-refractivity contribution is 0.160. The largest absolute Gasteiger partial charge is 0.497 e. The summed E-state index contributed by atoms with van der Waals surface area (Å²) in [5.41, 5.74) is 1.01. The monoisotopic (exact) mass is 297 g/mol. The molecule has 0 spiro atoms. The van der Waals surface area contributed by atoms with E-state index in [1.54, 1.807) is 14.2 Å². The van der Waals surface area contributed by atoms with Gasteiger partial charge in [0.1, 0.15) is 11.5 Å². The fourth-order valence-corrected chi connectivity index (χ4v) is 3.17. The average molecular weight is 298 g/mol. The molecule has 1 fully saturated rings. The summed E-state index contributed by atoms with van der Waals surface area (Å²) in [6, 6.07) is 6.41. The van der Waals surface area contributed by atoms with Gasteiger partial charge in [-0.25, -0.2) is 0 Å². The van der Waals surface area contributed by atoms with E-state index >= 15 is 0 Å². The van der Waals surface area contributed by atoms with E-state index < -0.39 is 0 Å². The van der Waals surface area contributed by atoms with Gasteiger partial charge in [-0.3, -0.25) is 4.90 Å². The molecule has 0 amide bonds. The van der Waals surface area contributed by atoms with Crippen molar-refractivity contribution < 1.29 is 9.47 Å². The van der Waals surface area contributed by atoms with Gasteiger partial charge in [-0.2, -0.15) is 0 Å². The molecule has 0 N–H and O–H groups in total. The lowest BCUT2D eigenvalue weighted by Crippen LogP contribution is -2.39. The van der Waals surface area contributed by atoms with E-state index in [1.165, 1.54) is 19.3 Å². The predicted molar refractivity (Wildman–Crippen MR) is 83.0 cm³/mol. The van der Waals surface area contributed by atoms with Crippen LogP contribution in [0.2, 0.25) is 0 Å². The number of hydrogen-bond acceptors (Lipinski definition) is 3. The number of likely N-dealkylation sites (tertiary alicyclic amines) is 1. The quantitative estimate of drug-likeness (QED) is 0.770. The van der Waals surface area contributed by atoms with Gasteiger partial charge < -0.3 is 9.47 Å². The van der Waals surface area contributed by atoms with Crippen molar-refractivity contribution in [3.8, 4) is 11.5 Å². The fraction of sp³-hybridized carbons (Fsp3) is 0.625. The second-order valence-corrected chi connectivity index (χ2v) is 5.94. The van der Waals surface area contributed by atoms with Crippen LogP contribution in [0, 0.1) is 0 Å². The van der Waals surface area contributed by atoms with E-state index in [1.807, 2.05) is 18.2 Å². The molecule has 4 heteroatoms. The summed E-state index contributed by atoms with van der Waals surface area (Å²) >= 11 is 6.64. The zero-order valence-electron chi connectivity index (χ0n) is 12.6. The molecule has 1 aromatic carbocycles. The van der Waals surface area contributed by atoms with Crippen molar-refractivity contribution >= 4 is 11.6 Å². The van der Waals surface area contributed by atoms with Crippen LogP contribution in [0.5, 0.6) is 11.5 Å².